The molecule has 0 spiro atoms. The van der Waals surface area contributed by atoms with Gasteiger partial charge < -0.3 is 9.88 Å². The molecule has 4 rings (SSSR count). The van der Waals surface area contributed by atoms with Gasteiger partial charge in [-0.25, -0.2) is 9.13 Å². The summed E-state index contributed by atoms with van der Waals surface area (Å²) in [5.74, 6) is 0.514. The zero-order valence-electron chi connectivity index (χ0n) is 21.0. The van der Waals surface area contributed by atoms with Crippen LogP contribution in [0.25, 0.3) is 5.69 Å². The average molecular weight is 445 g/mol. The van der Waals surface area contributed by atoms with Gasteiger partial charge in [-0.2, -0.15) is 0 Å². The molecule has 33 heavy (non-hydrogen) atoms. The molecule has 0 fully saturated rings. The number of aromatic nitrogens is 4. The number of nitrogens with one attached hydrogen (secondary N) is 1. The number of allylic oxidation sites excluding steroid dienone is 4. The Morgan fingerprint density at radius 1 is 1.00 bits per heavy atom. The minimum atomic E-state index is 0.514. The summed E-state index contributed by atoms with van der Waals surface area (Å²) >= 11 is 0. The first-order valence-corrected chi connectivity index (χ1v) is 12.0. The molecule has 1 aliphatic rings. The summed E-state index contributed by atoms with van der Waals surface area (Å²) < 4.78 is 8.99. The Labute approximate surface area is 198 Å². The van der Waals surface area contributed by atoms with E-state index in [-0.39, 0.29) is 0 Å². The van der Waals surface area contributed by atoms with Gasteiger partial charge in [-0.1, -0.05) is 41.7 Å². The van der Waals surface area contributed by atoms with Crippen molar-refractivity contribution in [1.29, 1.82) is 0 Å². The first-order chi connectivity index (χ1) is 15.8. The standard InChI is InChI=1S/C28H38N5/c1-21-15-23(3)27(24(4)16-21)32-13-11-30(19-32)9-7-29-8-10-31-12-14-33(20-31)28-25(5)17-22(2)18-26(28)6/h11-21,29H,7-10H2,1-6H3/q+1. The van der Waals surface area contributed by atoms with Gasteiger partial charge in [0.1, 0.15) is 37.2 Å². The van der Waals surface area contributed by atoms with Gasteiger partial charge in [0.15, 0.2) is 0 Å². The zero-order chi connectivity index (χ0) is 23.5. The monoisotopic (exact) mass is 444 g/mol. The van der Waals surface area contributed by atoms with E-state index < -0.39 is 0 Å². The highest BCUT2D eigenvalue weighted by molar-refractivity contribution is 5.48. The lowest BCUT2D eigenvalue weighted by Gasteiger charge is -2.24. The molecular formula is C28H38N5+. The van der Waals surface area contributed by atoms with Crippen LogP contribution in [0, 0.1) is 32.7 Å². The van der Waals surface area contributed by atoms with Crippen molar-refractivity contribution < 1.29 is 13.7 Å². The van der Waals surface area contributed by atoms with Crippen LogP contribution < -0.4 is 19.0 Å². The lowest BCUT2D eigenvalue weighted by molar-refractivity contribution is -0.773. The second kappa shape index (κ2) is 9.84. The molecule has 0 amide bonds. The van der Waals surface area contributed by atoms with Gasteiger partial charge in [0, 0.05) is 6.54 Å². The second-order valence-electron chi connectivity index (χ2n) is 9.52. The van der Waals surface area contributed by atoms with E-state index in [0.29, 0.717) is 5.92 Å². The van der Waals surface area contributed by atoms with Gasteiger partial charge in [-0.05, 0) is 45.7 Å². The third-order valence-corrected chi connectivity index (χ3v) is 6.40. The molecule has 2 aromatic heterocycles. The van der Waals surface area contributed by atoms with Crippen molar-refractivity contribution in [3.05, 3.63) is 95.6 Å². The molecule has 174 valence electrons. The molecule has 1 aliphatic carbocycles. The Bertz CT molecular complexity index is 1130. The van der Waals surface area contributed by atoms with E-state index in [1.54, 1.807) is 0 Å². The molecule has 3 aromatic rings. The summed E-state index contributed by atoms with van der Waals surface area (Å²) in [4.78, 5) is 0. The van der Waals surface area contributed by atoms with E-state index >= 15 is 0 Å². The quantitative estimate of drug-likeness (QED) is 0.323. The largest absolute Gasteiger partial charge is 0.308 e. The van der Waals surface area contributed by atoms with Crippen LogP contribution >= 0.6 is 0 Å². The molecule has 0 unspecified atom stereocenters. The molecule has 0 saturated carbocycles. The first-order valence-electron chi connectivity index (χ1n) is 12.0. The lowest BCUT2D eigenvalue weighted by atomic mass is 9.89. The topological polar surface area (TPSA) is 28.6 Å². The zero-order valence-corrected chi connectivity index (χ0v) is 21.0. The van der Waals surface area contributed by atoms with Gasteiger partial charge in [0.05, 0.1) is 18.9 Å². The van der Waals surface area contributed by atoms with Crippen LogP contribution in [-0.2, 0) is 13.1 Å². The molecule has 1 N–H and O–H groups in total. The normalized spacial score (nSPS) is 14.5. The lowest BCUT2D eigenvalue weighted by Crippen LogP contribution is -2.46. The van der Waals surface area contributed by atoms with Crippen LogP contribution in [0.3, 0.4) is 0 Å². The Morgan fingerprint density at radius 3 is 2.36 bits per heavy atom. The van der Waals surface area contributed by atoms with Crippen molar-refractivity contribution in [3.63, 3.8) is 0 Å². The van der Waals surface area contributed by atoms with E-state index in [2.05, 4.69) is 127 Å². The predicted molar refractivity (Wildman–Crippen MR) is 131 cm³/mol. The van der Waals surface area contributed by atoms with Crippen molar-refractivity contribution in [2.24, 2.45) is 5.92 Å². The van der Waals surface area contributed by atoms with Crippen molar-refractivity contribution in [1.82, 2.24) is 9.88 Å². The van der Waals surface area contributed by atoms with Crippen molar-refractivity contribution in [2.45, 2.75) is 54.6 Å². The molecule has 0 aliphatic heterocycles. The maximum absolute atomic E-state index is 3.58. The summed E-state index contributed by atoms with van der Waals surface area (Å²) in [5, 5.41) is 3.58. The first kappa shape index (κ1) is 23.1. The van der Waals surface area contributed by atoms with E-state index in [9.17, 15) is 0 Å². The Morgan fingerprint density at radius 2 is 1.67 bits per heavy atom. The van der Waals surface area contributed by atoms with E-state index in [1.165, 1.54) is 39.6 Å². The van der Waals surface area contributed by atoms with Gasteiger partial charge in [0.25, 0.3) is 6.33 Å². The van der Waals surface area contributed by atoms with Gasteiger partial charge in [-0.15, -0.1) is 12.2 Å². The number of aryl methyl sites for hydroxylation is 3. The molecule has 0 radical (unpaired) electrons. The van der Waals surface area contributed by atoms with Crippen molar-refractivity contribution >= 4 is 0 Å². The average Bonchev–Trinajstić information content (AvgIpc) is 3.36. The number of hydrogen-bond acceptors (Lipinski definition) is 1. The fourth-order valence-electron chi connectivity index (χ4n) is 5.15. The van der Waals surface area contributed by atoms with Crippen LogP contribution in [0.15, 0.2) is 72.9 Å². The summed E-state index contributed by atoms with van der Waals surface area (Å²) in [7, 11) is 0. The summed E-state index contributed by atoms with van der Waals surface area (Å²) in [6.45, 7) is 17.0. The van der Waals surface area contributed by atoms with Crippen LogP contribution in [0.4, 0.5) is 0 Å². The fraction of sp³-hybridized carbons (Fsp3) is 0.393. The Kier molecular flexibility index (Phi) is 6.89. The minimum Gasteiger partial charge on any atom is -0.308 e. The molecule has 0 bridgehead atoms. The molecular weight excluding hydrogens is 406 g/mol. The van der Waals surface area contributed by atoms with Gasteiger partial charge in [0.2, 0.25) is 6.33 Å². The SMILES string of the molecule is CC1=CC(C)C=C(C)[C-]1[n+]1c[cH-][n+](CCNCC[n+]2ccn(-c3c(C)cc(C)cc3C)c2)c1. The summed E-state index contributed by atoms with van der Waals surface area (Å²) in [5.41, 5.74) is 7.93. The highest BCUT2D eigenvalue weighted by Crippen LogP contribution is 2.27. The molecule has 1 aromatic carbocycles. The smallest absolute Gasteiger partial charge is 0.257 e. The highest BCUT2D eigenvalue weighted by atomic mass is 15.2. The van der Waals surface area contributed by atoms with E-state index in [0.717, 1.165) is 26.2 Å². The number of rotatable bonds is 8. The van der Waals surface area contributed by atoms with Crippen molar-refractivity contribution in [2.75, 3.05) is 13.1 Å². The second-order valence-corrected chi connectivity index (χ2v) is 9.52. The number of hydrogen-bond donors (Lipinski definition) is 1. The molecule has 5 nitrogen and oxygen atoms in total. The Balaban J connectivity index is 1.26. The summed E-state index contributed by atoms with van der Waals surface area (Å²) in [6, 6.07) is 5.81. The molecule has 2 heterocycles. The predicted octanol–water partition coefficient (Wildman–Crippen LogP) is 3.20. The van der Waals surface area contributed by atoms with Crippen LogP contribution in [0.1, 0.15) is 37.5 Å². The minimum absolute atomic E-state index is 0.514. The van der Waals surface area contributed by atoms with Crippen LogP contribution in [-0.4, -0.2) is 17.7 Å². The number of benzene rings is 1. The van der Waals surface area contributed by atoms with Gasteiger partial charge in [-0.3, -0.25) is 4.57 Å². The maximum Gasteiger partial charge on any atom is 0.257 e. The fourth-order valence-corrected chi connectivity index (χ4v) is 5.15. The van der Waals surface area contributed by atoms with Gasteiger partial charge >= 0.3 is 0 Å². The molecule has 0 atom stereocenters. The maximum atomic E-state index is 3.58. The summed E-state index contributed by atoms with van der Waals surface area (Å²) in [6.07, 6.45) is 17.7. The van der Waals surface area contributed by atoms with Crippen molar-refractivity contribution in [3.8, 4) is 5.69 Å². The third kappa shape index (κ3) is 5.31. The number of imidazole rings is 2. The molecule has 0 saturated heterocycles. The number of nitrogens with zero attached hydrogens (tertiary/aromatic N) is 4. The van der Waals surface area contributed by atoms with Crippen LogP contribution in [0.5, 0.6) is 0 Å². The van der Waals surface area contributed by atoms with E-state index in [1.807, 2.05) is 0 Å². The van der Waals surface area contributed by atoms with E-state index in [4.69, 9.17) is 0 Å². The van der Waals surface area contributed by atoms with Crippen LogP contribution in [0.2, 0.25) is 0 Å². The highest BCUT2D eigenvalue weighted by Gasteiger charge is 2.21. The molecule has 5 heteroatoms. The third-order valence-electron chi connectivity index (χ3n) is 6.40. The Hall–Kier alpha value is -3.05.